The number of esters is 2. The highest BCUT2D eigenvalue weighted by atomic mass is 16.5. The lowest BCUT2D eigenvalue weighted by atomic mass is 9.96. The average Bonchev–Trinajstić information content (AvgIpc) is 2.14. The molecule has 0 saturated heterocycles. The molecule has 0 aromatic rings. The minimum absolute atomic E-state index is 0.761. The van der Waals surface area contributed by atoms with Gasteiger partial charge < -0.3 is 19.7 Å². The van der Waals surface area contributed by atoms with E-state index in [-0.39, 0.29) is 0 Å². The Morgan fingerprint density at radius 3 is 2.00 bits per heavy atom. The van der Waals surface area contributed by atoms with E-state index < -0.39 is 36.4 Å². The summed E-state index contributed by atoms with van der Waals surface area (Å²) in [6.45, 7) is 0. The van der Waals surface area contributed by atoms with E-state index in [1.54, 1.807) is 0 Å². The van der Waals surface area contributed by atoms with Gasteiger partial charge in [0.2, 0.25) is 0 Å². The van der Waals surface area contributed by atoms with E-state index in [4.69, 9.17) is 5.11 Å². The van der Waals surface area contributed by atoms with Gasteiger partial charge in [0.25, 0.3) is 0 Å². The van der Waals surface area contributed by atoms with Crippen LogP contribution in [-0.4, -0.2) is 47.9 Å². The second-order valence-electron chi connectivity index (χ2n) is 2.85. The van der Waals surface area contributed by atoms with Crippen molar-refractivity contribution in [1.82, 2.24) is 0 Å². The number of carboxylic acids is 1. The van der Waals surface area contributed by atoms with E-state index >= 15 is 0 Å². The lowest BCUT2D eigenvalue weighted by Gasteiger charge is -2.21. The highest BCUT2D eigenvalue weighted by molar-refractivity contribution is 5.89. The first-order valence-electron chi connectivity index (χ1n) is 3.95. The van der Waals surface area contributed by atoms with Crippen LogP contribution in [0.5, 0.6) is 0 Å². The van der Waals surface area contributed by atoms with E-state index in [1.807, 2.05) is 0 Å². The molecule has 0 saturated carbocycles. The molecular weight excluding hydrogens is 208 g/mol. The maximum absolute atomic E-state index is 11.1. The topological polar surface area (TPSA) is 110 Å². The minimum Gasteiger partial charge on any atom is -0.481 e. The summed E-state index contributed by atoms with van der Waals surface area (Å²) < 4.78 is 8.42. The van der Waals surface area contributed by atoms with Crippen LogP contribution in [0.1, 0.15) is 12.8 Å². The van der Waals surface area contributed by atoms with Crippen molar-refractivity contribution >= 4 is 17.9 Å². The molecule has 0 bridgehead atoms. The predicted molar refractivity (Wildman–Crippen MR) is 45.9 cm³/mol. The van der Waals surface area contributed by atoms with Gasteiger partial charge in [0.15, 0.2) is 5.60 Å². The van der Waals surface area contributed by atoms with Gasteiger partial charge in [-0.25, -0.2) is 4.79 Å². The van der Waals surface area contributed by atoms with Crippen molar-refractivity contribution in [2.24, 2.45) is 0 Å². The maximum Gasteiger partial charge on any atom is 0.339 e. The number of carbonyl (C=O) groups is 3. The third-order valence-corrected chi connectivity index (χ3v) is 1.67. The maximum atomic E-state index is 11.1. The quantitative estimate of drug-likeness (QED) is 0.567. The second kappa shape index (κ2) is 5.30. The average molecular weight is 220 g/mol. The van der Waals surface area contributed by atoms with Crippen molar-refractivity contribution in [3.63, 3.8) is 0 Å². The van der Waals surface area contributed by atoms with Gasteiger partial charge in [-0.05, 0) is 0 Å². The minimum atomic E-state index is -2.38. The van der Waals surface area contributed by atoms with Crippen molar-refractivity contribution in [1.29, 1.82) is 0 Å². The number of methoxy groups -OCH3 is 2. The molecule has 0 amide bonds. The SMILES string of the molecule is COC(=O)CC(O)(CC(=O)O)C(=O)OC. The first-order valence-corrected chi connectivity index (χ1v) is 3.95. The summed E-state index contributed by atoms with van der Waals surface area (Å²) in [6, 6.07) is 0. The van der Waals surface area contributed by atoms with Crippen LogP contribution in [0.15, 0.2) is 0 Å². The standard InChI is InChI=1S/C8H12O7/c1-14-6(11)4-8(13,3-5(9)10)7(12)15-2/h13H,3-4H2,1-2H3,(H,9,10). The number of hydrogen-bond donors (Lipinski definition) is 2. The molecule has 7 nitrogen and oxygen atoms in total. The molecule has 0 aliphatic rings. The van der Waals surface area contributed by atoms with Crippen LogP contribution in [0.2, 0.25) is 0 Å². The summed E-state index contributed by atoms with van der Waals surface area (Å²) in [5, 5.41) is 18.1. The Balaban J connectivity index is 4.76. The molecule has 0 aliphatic heterocycles. The fourth-order valence-corrected chi connectivity index (χ4v) is 0.958. The van der Waals surface area contributed by atoms with Crippen molar-refractivity contribution in [2.75, 3.05) is 14.2 Å². The largest absolute Gasteiger partial charge is 0.481 e. The number of carbonyl (C=O) groups excluding carboxylic acids is 2. The van der Waals surface area contributed by atoms with Crippen molar-refractivity contribution in [2.45, 2.75) is 18.4 Å². The summed E-state index contributed by atoms with van der Waals surface area (Å²) in [6.07, 6.45) is -1.68. The van der Waals surface area contributed by atoms with Gasteiger partial charge >= 0.3 is 17.9 Å². The molecule has 0 fully saturated rings. The number of aliphatic hydroxyl groups is 1. The highest BCUT2D eigenvalue weighted by Gasteiger charge is 2.42. The second-order valence-corrected chi connectivity index (χ2v) is 2.85. The monoisotopic (exact) mass is 220 g/mol. The molecule has 0 aromatic carbocycles. The van der Waals surface area contributed by atoms with E-state index in [2.05, 4.69) is 9.47 Å². The van der Waals surface area contributed by atoms with Gasteiger partial charge in [-0.2, -0.15) is 0 Å². The van der Waals surface area contributed by atoms with Crippen LogP contribution < -0.4 is 0 Å². The van der Waals surface area contributed by atoms with E-state index in [0.29, 0.717) is 0 Å². The summed E-state index contributed by atoms with van der Waals surface area (Å²) in [4.78, 5) is 32.3. The van der Waals surface area contributed by atoms with Crippen LogP contribution in [0.4, 0.5) is 0 Å². The van der Waals surface area contributed by atoms with Gasteiger partial charge in [-0.15, -0.1) is 0 Å². The number of carboxylic acid groups (broad SMARTS) is 1. The molecule has 0 aromatic heterocycles. The van der Waals surface area contributed by atoms with Crippen LogP contribution in [0.25, 0.3) is 0 Å². The van der Waals surface area contributed by atoms with Crippen LogP contribution >= 0.6 is 0 Å². The number of rotatable bonds is 5. The third-order valence-electron chi connectivity index (χ3n) is 1.67. The molecule has 0 heterocycles. The number of hydrogen-bond acceptors (Lipinski definition) is 6. The number of aliphatic carboxylic acids is 1. The molecule has 15 heavy (non-hydrogen) atoms. The summed E-state index contributed by atoms with van der Waals surface area (Å²) in [5.74, 6) is -3.51. The Hall–Kier alpha value is -1.63. The van der Waals surface area contributed by atoms with Gasteiger partial charge in [-0.1, -0.05) is 0 Å². The van der Waals surface area contributed by atoms with E-state index in [9.17, 15) is 19.5 Å². The molecule has 7 heteroatoms. The van der Waals surface area contributed by atoms with Crippen molar-refractivity contribution < 1.29 is 34.1 Å². The Morgan fingerprint density at radius 1 is 1.13 bits per heavy atom. The van der Waals surface area contributed by atoms with E-state index in [1.165, 1.54) is 0 Å². The molecule has 0 radical (unpaired) electrons. The molecule has 0 rings (SSSR count). The predicted octanol–water partition coefficient (Wildman–Crippen LogP) is -1.07. The molecule has 1 atom stereocenters. The Morgan fingerprint density at radius 2 is 1.67 bits per heavy atom. The molecule has 1 unspecified atom stereocenters. The van der Waals surface area contributed by atoms with Gasteiger partial charge in [0.05, 0.1) is 27.1 Å². The molecule has 0 spiro atoms. The fourth-order valence-electron chi connectivity index (χ4n) is 0.958. The molecule has 2 N–H and O–H groups in total. The zero-order valence-corrected chi connectivity index (χ0v) is 8.35. The van der Waals surface area contributed by atoms with Crippen molar-refractivity contribution in [3.05, 3.63) is 0 Å². The lowest BCUT2D eigenvalue weighted by Crippen LogP contribution is -2.43. The zero-order valence-electron chi connectivity index (χ0n) is 8.35. The van der Waals surface area contributed by atoms with E-state index in [0.717, 1.165) is 14.2 Å². The van der Waals surface area contributed by atoms with Gasteiger partial charge in [-0.3, -0.25) is 9.59 Å². The number of ether oxygens (including phenoxy) is 2. The smallest absolute Gasteiger partial charge is 0.339 e. The first kappa shape index (κ1) is 13.4. The molecule has 0 aliphatic carbocycles. The third kappa shape index (κ3) is 3.94. The highest BCUT2D eigenvalue weighted by Crippen LogP contribution is 2.18. The summed E-state index contributed by atoms with van der Waals surface area (Å²) in [5.41, 5.74) is -2.38. The zero-order chi connectivity index (χ0) is 12.1. The Kier molecular flexibility index (Phi) is 4.72. The Bertz CT molecular complexity index is 272. The molecule has 86 valence electrons. The lowest BCUT2D eigenvalue weighted by molar-refractivity contribution is -0.173. The van der Waals surface area contributed by atoms with Crippen LogP contribution in [0.3, 0.4) is 0 Å². The van der Waals surface area contributed by atoms with Gasteiger partial charge in [0, 0.05) is 0 Å². The summed E-state index contributed by atoms with van der Waals surface area (Å²) >= 11 is 0. The Labute approximate surface area is 85.6 Å². The fraction of sp³-hybridized carbons (Fsp3) is 0.625. The van der Waals surface area contributed by atoms with Crippen LogP contribution in [0, 0.1) is 0 Å². The van der Waals surface area contributed by atoms with Crippen molar-refractivity contribution in [3.8, 4) is 0 Å². The first-order chi connectivity index (χ1) is 6.85. The van der Waals surface area contributed by atoms with Crippen LogP contribution in [-0.2, 0) is 23.9 Å². The summed E-state index contributed by atoms with van der Waals surface area (Å²) in [7, 11) is 2.03. The van der Waals surface area contributed by atoms with Gasteiger partial charge in [0.1, 0.15) is 0 Å². The molecular formula is C8H12O7. The normalized spacial score (nSPS) is 13.8.